The number of imide groups is 1. The van der Waals surface area contributed by atoms with Crippen LogP contribution in [0.2, 0.25) is 0 Å². The van der Waals surface area contributed by atoms with Crippen molar-refractivity contribution in [1.82, 2.24) is 10.2 Å². The summed E-state index contributed by atoms with van der Waals surface area (Å²) >= 11 is 0. The minimum absolute atomic E-state index is 0.0771. The van der Waals surface area contributed by atoms with Crippen molar-refractivity contribution in [2.45, 2.75) is 38.6 Å². The molecule has 30 heavy (non-hydrogen) atoms. The van der Waals surface area contributed by atoms with Crippen LogP contribution in [0.5, 0.6) is 0 Å². The van der Waals surface area contributed by atoms with Crippen LogP contribution < -0.4 is 10.2 Å². The Bertz CT molecular complexity index is 898. The lowest BCUT2D eigenvalue weighted by Crippen LogP contribution is -2.32. The number of carbonyl (C=O) groups is 3. The quantitative estimate of drug-likeness (QED) is 0.717. The lowest BCUT2D eigenvalue weighted by molar-refractivity contribution is -0.121. The van der Waals surface area contributed by atoms with Crippen LogP contribution in [-0.2, 0) is 11.3 Å². The second-order valence-corrected chi connectivity index (χ2v) is 7.90. The van der Waals surface area contributed by atoms with Crippen LogP contribution >= 0.6 is 0 Å². The molecule has 0 unspecified atom stereocenters. The third kappa shape index (κ3) is 4.37. The molecule has 2 aliphatic heterocycles. The molecule has 0 atom stereocenters. The Morgan fingerprint density at radius 3 is 2.13 bits per heavy atom. The summed E-state index contributed by atoms with van der Waals surface area (Å²) in [4.78, 5) is 40.5. The number of benzene rings is 2. The molecule has 0 radical (unpaired) electrons. The number of anilines is 1. The van der Waals surface area contributed by atoms with Crippen LogP contribution in [0.15, 0.2) is 48.5 Å². The number of carbonyl (C=O) groups excluding carboxylic acids is 3. The van der Waals surface area contributed by atoms with Crippen molar-refractivity contribution in [3.63, 3.8) is 0 Å². The molecule has 6 nitrogen and oxygen atoms in total. The van der Waals surface area contributed by atoms with Gasteiger partial charge in [0.25, 0.3) is 11.8 Å². The van der Waals surface area contributed by atoms with E-state index >= 15 is 0 Å². The summed E-state index contributed by atoms with van der Waals surface area (Å²) in [6, 6.07) is 15.2. The summed E-state index contributed by atoms with van der Waals surface area (Å²) in [5.41, 5.74) is 3.19. The Balaban J connectivity index is 1.20. The fraction of sp³-hybridized carbons (Fsp3) is 0.375. The summed E-state index contributed by atoms with van der Waals surface area (Å²) in [6.45, 7) is 2.96. The maximum atomic E-state index is 12.3. The number of nitrogens with one attached hydrogen (secondary N) is 1. The highest BCUT2D eigenvalue weighted by molar-refractivity contribution is 6.21. The Hall–Kier alpha value is -3.15. The van der Waals surface area contributed by atoms with Gasteiger partial charge < -0.3 is 10.2 Å². The average Bonchev–Trinajstić information content (AvgIpc) is 3.04. The molecule has 6 heteroatoms. The van der Waals surface area contributed by atoms with Crippen molar-refractivity contribution < 1.29 is 14.4 Å². The Labute approximate surface area is 176 Å². The molecule has 2 heterocycles. The number of rotatable bonds is 7. The normalized spacial score (nSPS) is 16.0. The van der Waals surface area contributed by atoms with Gasteiger partial charge in [0.1, 0.15) is 0 Å². The zero-order chi connectivity index (χ0) is 20.9. The fourth-order valence-electron chi connectivity index (χ4n) is 4.11. The van der Waals surface area contributed by atoms with Crippen LogP contribution in [-0.4, -0.2) is 42.3 Å². The van der Waals surface area contributed by atoms with Crippen molar-refractivity contribution in [3.8, 4) is 0 Å². The molecule has 1 saturated heterocycles. The third-order valence-corrected chi connectivity index (χ3v) is 5.81. The molecule has 2 aromatic rings. The molecule has 156 valence electrons. The van der Waals surface area contributed by atoms with Crippen LogP contribution in [0.25, 0.3) is 0 Å². The molecule has 0 aliphatic carbocycles. The predicted molar refractivity (Wildman–Crippen MR) is 115 cm³/mol. The van der Waals surface area contributed by atoms with E-state index in [1.807, 2.05) is 0 Å². The summed E-state index contributed by atoms with van der Waals surface area (Å²) in [5, 5.41) is 2.92. The van der Waals surface area contributed by atoms with Gasteiger partial charge in [-0.3, -0.25) is 19.3 Å². The van der Waals surface area contributed by atoms with E-state index in [0.717, 1.165) is 18.7 Å². The zero-order valence-electron chi connectivity index (χ0n) is 17.1. The molecule has 1 N–H and O–H groups in total. The summed E-state index contributed by atoms with van der Waals surface area (Å²) in [5.74, 6) is -0.624. The largest absolute Gasteiger partial charge is 0.372 e. The molecule has 0 saturated carbocycles. The molecule has 3 amide bonds. The van der Waals surface area contributed by atoms with Gasteiger partial charge in [-0.2, -0.15) is 0 Å². The van der Waals surface area contributed by atoms with E-state index in [2.05, 4.69) is 34.5 Å². The van der Waals surface area contributed by atoms with Gasteiger partial charge in [-0.15, -0.1) is 0 Å². The maximum Gasteiger partial charge on any atom is 0.261 e. The Morgan fingerprint density at radius 1 is 0.867 bits per heavy atom. The molecule has 1 fully saturated rings. The fourth-order valence-corrected chi connectivity index (χ4v) is 4.11. The van der Waals surface area contributed by atoms with E-state index in [9.17, 15) is 14.4 Å². The topological polar surface area (TPSA) is 69.7 Å². The minimum Gasteiger partial charge on any atom is -0.372 e. The van der Waals surface area contributed by atoms with E-state index in [1.165, 1.54) is 29.8 Å². The highest BCUT2D eigenvalue weighted by Gasteiger charge is 2.34. The van der Waals surface area contributed by atoms with Gasteiger partial charge in [0.2, 0.25) is 5.91 Å². The average molecular weight is 405 g/mol. The van der Waals surface area contributed by atoms with E-state index in [-0.39, 0.29) is 30.7 Å². The standard InChI is InChI=1S/C24H27N3O3/c28-22(9-6-16-27-23(29)20-7-2-3-8-21(20)24(27)30)25-17-18-10-12-19(13-11-18)26-14-4-1-5-15-26/h2-3,7-8,10-13H,1,4-6,9,14-17H2,(H,25,28). The second kappa shape index (κ2) is 9.11. The number of nitrogens with zero attached hydrogens (tertiary/aromatic N) is 2. The van der Waals surface area contributed by atoms with Crippen molar-refractivity contribution in [1.29, 1.82) is 0 Å². The molecule has 0 aromatic heterocycles. The number of hydrogen-bond donors (Lipinski definition) is 1. The molecule has 4 rings (SSSR count). The van der Waals surface area contributed by atoms with E-state index in [0.29, 0.717) is 24.1 Å². The first-order valence-corrected chi connectivity index (χ1v) is 10.7. The molecular formula is C24H27N3O3. The number of fused-ring (bicyclic) bond motifs is 1. The molecule has 0 spiro atoms. The first kappa shape index (κ1) is 20.1. The number of amides is 3. The lowest BCUT2D eigenvalue weighted by atomic mass is 10.1. The summed E-state index contributed by atoms with van der Waals surface area (Å²) in [6.07, 6.45) is 4.54. The lowest BCUT2D eigenvalue weighted by Gasteiger charge is -2.28. The molecular weight excluding hydrogens is 378 g/mol. The van der Waals surface area contributed by atoms with Crippen LogP contribution in [0.4, 0.5) is 5.69 Å². The first-order valence-electron chi connectivity index (χ1n) is 10.7. The van der Waals surface area contributed by atoms with Crippen LogP contribution in [0.1, 0.15) is 58.4 Å². The first-order chi connectivity index (χ1) is 14.6. The smallest absolute Gasteiger partial charge is 0.261 e. The highest BCUT2D eigenvalue weighted by Crippen LogP contribution is 2.23. The zero-order valence-corrected chi connectivity index (χ0v) is 17.1. The van der Waals surface area contributed by atoms with E-state index < -0.39 is 0 Å². The van der Waals surface area contributed by atoms with Crippen molar-refractivity contribution in [2.24, 2.45) is 0 Å². The monoisotopic (exact) mass is 405 g/mol. The third-order valence-electron chi connectivity index (χ3n) is 5.81. The van der Waals surface area contributed by atoms with Crippen molar-refractivity contribution in [3.05, 3.63) is 65.2 Å². The summed E-state index contributed by atoms with van der Waals surface area (Å²) in [7, 11) is 0. The maximum absolute atomic E-state index is 12.3. The van der Waals surface area contributed by atoms with Crippen molar-refractivity contribution >= 4 is 23.4 Å². The second-order valence-electron chi connectivity index (χ2n) is 7.90. The van der Waals surface area contributed by atoms with Crippen LogP contribution in [0, 0.1) is 0 Å². The van der Waals surface area contributed by atoms with Crippen LogP contribution in [0.3, 0.4) is 0 Å². The van der Waals surface area contributed by atoms with Gasteiger partial charge in [-0.25, -0.2) is 0 Å². The Kier molecular flexibility index (Phi) is 6.12. The van der Waals surface area contributed by atoms with Gasteiger partial charge in [-0.1, -0.05) is 24.3 Å². The number of piperidine rings is 1. The summed E-state index contributed by atoms with van der Waals surface area (Å²) < 4.78 is 0. The predicted octanol–water partition coefficient (Wildman–Crippen LogP) is 3.37. The van der Waals surface area contributed by atoms with E-state index in [4.69, 9.17) is 0 Å². The van der Waals surface area contributed by atoms with Gasteiger partial charge in [-0.05, 0) is 55.5 Å². The molecule has 2 aromatic carbocycles. The SMILES string of the molecule is O=C(CCCN1C(=O)c2ccccc2C1=O)NCc1ccc(N2CCCCC2)cc1. The van der Waals surface area contributed by atoms with Gasteiger partial charge >= 0.3 is 0 Å². The van der Waals surface area contributed by atoms with Crippen molar-refractivity contribution in [2.75, 3.05) is 24.5 Å². The van der Waals surface area contributed by atoms with Gasteiger partial charge in [0.05, 0.1) is 11.1 Å². The van der Waals surface area contributed by atoms with Gasteiger partial charge in [0.15, 0.2) is 0 Å². The van der Waals surface area contributed by atoms with E-state index in [1.54, 1.807) is 24.3 Å². The number of hydrogen-bond acceptors (Lipinski definition) is 4. The minimum atomic E-state index is -0.273. The Morgan fingerprint density at radius 2 is 1.50 bits per heavy atom. The van der Waals surface area contributed by atoms with Gasteiger partial charge in [0, 0.05) is 38.3 Å². The molecule has 0 bridgehead atoms. The molecule has 2 aliphatic rings. The highest BCUT2D eigenvalue weighted by atomic mass is 16.2.